The highest BCUT2D eigenvalue weighted by Gasteiger charge is 2.34. The van der Waals surface area contributed by atoms with E-state index in [1.807, 2.05) is 4.90 Å². The van der Waals surface area contributed by atoms with E-state index >= 15 is 0 Å². The lowest BCUT2D eigenvalue weighted by molar-refractivity contribution is -0.141. The van der Waals surface area contributed by atoms with Crippen LogP contribution in [0, 0.1) is 5.92 Å². The molecule has 1 saturated heterocycles. The van der Waals surface area contributed by atoms with Crippen molar-refractivity contribution < 1.29 is 18.3 Å². The molecule has 1 aromatic heterocycles. The maximum atomic E-state index is 12.7. The molecule has 0 aromatic carbocycles. The zero-order valence-corrected chi connectivity index (χ0v) is 11.0. The smallest absolute Gasteiger partial charge is 0.396 e. The second-order valence-electron chi connectivity index (χ2n) is 4.99. The van der Waals surface area contributed by atoms with Crippen LogP contribution in [-0.4, -0.2) is 29.8 Å². The molecule has 1 aliphatic heterocycles. The van der Waals surface area contributed by atoms with E-state index in [-0.39, 0.29) is 13.2 Å². The Kier molecular flexibility index (Phi) is 4.49. The van der Waals surface area contributed by atoms with Gasteiger partial charge in [-0.05, 0) is 24.8 Å². The van der Waals surface area contributed by atoms with Gasteiger partial charge in [-0.2, -0.15) is 13.2 Å². The van der Waals surface area contributed by atoms with Crippen molar-refractivity contribution in [2.45, 2.75) is 25.6 Å². The zero-order chi connectivity index (χ0) is 14.8. The summed E-state index contributed by atoms with van der Waals surface area (Å²) in [7, 11) is 0. The van der Waals surface area contributed by atoms with Gasteiger partial charge in [-0.25, -0.2) is 4.98 Å². The van der Waals surface area contributed by atoms with Gasteiger partial charge >= 0.3 is 6.18 Å². The van der Waals surface area contributed by atoms with E-state index in [2.05, 4.69) is 4.98 Å². The molecule has 1 unspecified atom stereocenters. The minimum absolute atomic E-state index is 0.0955. The number of pyridine rings is 1. The van der Waals surface area contributed by atoms with Crippen LogP contribution in [0.15, 0.2) is 12.1 Å². The summed E-state index contributed by atoms with van der Waals surface area (Å²) in [6.45, 7) is 1.51. The first-order chi connectivity index (χ1) is 9.45. The summed E-state index contributed by atoms with van der Waals surface area (Å²) in [6.07, 6.45) is -2.94. The molecule has 1 aliphatic rings. The van der Waals surface area contributed by atoms with Gasteiger partial charge in [-0.3, -0.25) is 0 Å². The van der Waals surface area contributed by atoms with Gasteiger partial charge < -0.3 is 15.7 Å². The Hall–Kier alpha value is -1.34. The summed E-state index contributed by atoms with van der Waals surface area (Å²) in [5.41, 5.74) is 5.30. The van der Waals surface area contributed by atoms with Gasteiger partial charge in [0.15, 0.2) is 0 Å². The summed E-state index contributed by atoms with van der Waals surface area (Å²) in [6, 6.07) is 2.36. The quantitative estimate of drug-likeness (QED) is 0.886. The number of aromatic nitrogens is 1. The maximum absolute atomic E-state index is 12.7. The van der Waals surface area contributed by atoms with Crippen molar-refractivity contribution in [3.8, 4) is 0 Å². The molecule has 0 amide bonds. The first-order valence-electron chi connectivity index (χ1n) is 6.58. The lowest BCUT2D eigenvalue weighted by Crippen LogP contribution is -2.24. The van der Waals surface area contributed by atoms with Crippen LogP contribution in [0.2, 0.25) is 0 Å². The lowest BCUT2D eigenvalue weighted by atomic mass is 10.1. The Labute approximate surface area is 115 Å². The highest BCUT2D eigenvalue weighted by molar-refractivity contribution is 5.49. The summed E-state index contributed by atoms with van der Waals surface area (Å²) in [5, 5.41) is 8.93. The van der Waals surface area contributed by atoms with Crippen LogP contribution in [0.4, 0.5) is 19.0 Å². The number of hydrogen-bond acceptors (Lipinski definition) is 4. The maximum Gasteiger partial charge on any atom is 0.433 e. The number of nitrogens with two attached hydrogens (primary N) is 1. The predicted octanol–water partition coefficient (Wildman–Crippen LogP) is 1.77. The van der Waals surface area contributed by atoms with Crippen molar-refractivity contribution in [3.05, 3.63) is 23.4 Å². The van der Waals surface area contributed by atoms with Gasteiger partial charge in [0.1, 0.15) is 11.5 Å². The second-order valence-corrected chi connectivity index (χ2v) is 4.99. The Morgan fingerprint density at radius 1 is 1.40 bits per heavy atom. The molecule has 7 heteroatoms. The summed E-state index contributed by atoms with van der Waals surface area (Å²) >= 11 is 0. The summed E-state index contributed by atoms with van der Waals surface area (Å²) in [5.74, 6) is 0.615. The lowest BCUT2D eigenvalue weighted by Gasteiger charge is -2.21. The number of hydrogen-bond donors (Lipinski definition) is 2. The molecule has 0 bridgehead atoms. The van der Waals surface area contributed by atoms with E-state index in [1.165, 1.54) is 6.07 Å². The standard InChI is InChI=1S/C13H18F3N3O/c14-13(15,16)11-2-1-10(7-17)12(18-11)19-5-3-9(8-19)4-6-20/h1-2,9,20H,3-8,17H2. The normalized spacial score (nSPS) is 19.6. The summed E-state index contributed by atoms with van der Waals surface area (Å²) in [4.78, 5) is 5.58. The van der Waals surface area contributed by atoms with Crippen LogP contribution in [0.1, 0.15) is 24.1 Å². The Morgan fingerprint density at radius 3 is 2.75 bits per heavy atom. The van der Waals surface area contributed by atoms with Crippen LogP contribution in [0.3, 0.4) is 0 Å². The van der Waals surface area contributed by atoms with E-state index in [4.69, 9.17) is 10.8 Å². The Balaban J connectivity index is 2.25. The van der Waals surface area contributed by atoms with Gasteiger partial charge in [0.05, 0.1) is 0 Å². The molecule has 20 heavy (non-hydrogen) atoms. The molecule has 0 radical (unpaired) electrons. The van der Waals surface area contributed by atoms with Crippen LogP contribution < -0.4 is 10.6 Å². The monoisotopic (exact) mass is 289 g/mol. The number of halogens is 3. The van der Waals surface area contributed by atoms with Crippen molar-refractivity contribution in [2.75, 3.05) is 24.6 Å². The van der Waals surface area contributed by atoms with Gasteiger partial charge in [-0.15, -0.1) is 0 Å². The third kappa shape index (κ3) is 3.21. The Morgan fingerprint density at radius 2 is 2.15 bits per heavy atom. The molecule has 0 aliphatic carbocycles. The minimum Gasteiger partial charge on any atom is -0.396 e. The molecule has 1 atom stereocenters. The average molecular weight is 289 g/mol. The average Bonchev–Trinajstić information content (AvgIpc) is 2.86. The predicted molar refractivity (Wildman–Crippen MR) is 69.2 cm³/mol. The Bertz CT molecular complexity index is 465. The van der Waals surface area contributed by atoms with E-state index in [9.17, 15) is 13.2 Å². The van der Waals surface area contributed by atoms with Crippen molar-refractivity contribution in [1.29, 1.82) is 0 Å². The van der Waals surface area contributed by atoms with Gasteiger partial charge in [-0.1, -0.05) is 6.07 Å². The molecule has 112 valence electrons. The van der Waals surface area contributed by atoms with Crippen molar-refractivity contribution in [1.82, 2.24) is 4.98 Å². The van der Waals surface area contributed by atoms with Gasteiger partial charge in [0.25, 0.3) is 0 Å². The summed E-state index contributed by atoms with van der Waals surface area (Å²) < 4.78 is 38.2. The zero-order valence-electron chi connectivity index (χ0n) is 11.0. The molecule has 0 saturated carbocycles. The molecule has 2 heterocycles. The van der Waals surface area contributed by atoms with E-state index < -0.39 is 11.9 Å². The van der Waals surface area contributed by atoms with E-state index in [0.29, 0.717) is 36.8 Å². The van der Waals surface area contributed by atoms with Crippen LogP contribution >= 0.6 is 0 Å². The molecule has 0 spiro atoms. The van der Waals surface area contributed by atoms with Crippen LogP contribution in [0.5, 0.6) is 0 Å². The molecule has 1 aromatic rings. The van der Waals surface area contributed by atoms with E-state index in [1.54, 1.807) is 0 Å². The molecule has 3 N–H and O–H groups in total. The first-order valence-corrected chi connectivity index (χ1v) is 6.58. The van der Waals surface area contributed by atoms with Crippen molar-refractivity contribution in [3.63, 3.8) is 0 Å². The topological polar surface area (TPSA) is 62.4 Å². The highest BCUT2D eigenvalue weighted by Crippen LogP contribution is 2.32. The van der Waals surface area contributed by atoms with Crippen LogP contribution in [-0.2, 0) is 12.7 Å². The number of nitrogens with zero attached hydrogens (tertiary/aromatic N) is 2. The van der Waals surface area contributed by atoms with Crippen molar-refractivity contribution >= 4 is 5.82 Å². The molecule has 2 rings (SSSR count). The molecule has 1 fully saturated rings. The minimum atomic E-state index is -4.45. The second kappa shape index (κ2) is 5.97. The number of alkyl halides is 3. The molecular weight excluding hydrogens is 271 g/mol. The fourth-order valence-corrected chi connectivity index (χ4v) is 2.51. The highest BCUT2D eigenvalue weighted by atomic mass is 19.4. The third-order valence-electron chi connectivity index (χ3n) is 3.59. The molecular formula is C13H18F3N3O. The van der Waals surface area contributed by atoms with Gasteiger partial charge in [0, 0.05) is 31.8 Å². The number of aliphatic hydroxyl groups is 1. The fourth-order valence-electron chi connectivity index (χ4n) is 2.51. The van der Waals surface area contributed by atoms with E-state index in [0.717, 1.165) is 12.5 Å². The SMILES string of the molecule is NCc1ccc(C(F)(F)F)nc1N1CCC(CCO)C1. The molecule has 4 nitrogen and oxygen atoms in total. The number of aliphatic hydroxyl groups excluding tert-OH is 1. The first kappa shape index (κ1) is 15.1. The largest absolute Gasteiger partial charge is 0.433 e. The fraction of sp³-hybridized carbons (Fsp3) is 0.615. The number of rotatable bonds is 4. The number of anilines is 1. The third-order valence-corrected chi connectivity index (χ3v) is 3.59. The van der Waals surface area contributed by atoms with Crippen LogP contribution in [0.25, 0.3) is 0 Å². The van der Waals surface area contributed by atoms with Crippen molar-refractivity contribution in [2.24, 2.45) is 11.7 Å². The van der Waals surface area contributed by atoms with Gasteiger partial charge in [0.2, 0.25) is 0 Å².